The number of urea groups is 1. The van der Waals surface area contributed by atoms with Gasteiger partial charge in [0.05, 0.1) is 6.33 Å². The lowest BCUT2D eigenvalue weighted by Crippen LogP contribution is -2.42. The Morgan fingerprint density at radius 1 is 1.42 bits per heavy atom. The lowest BCUT2D eigenvalue weighted by atomic mass is 10.2. The van der Waals surface area contributed by atoms with Gasteiger partial charge in [-0.2, -0.15) is 0 Å². The van der Waals surface area contributed by atoms with E-state index in [0.717, 1.165) is 0 Å². The van der Waals surface area contributed by atoms with Crippen LogP contribution in [0.25, 0.3) is 0 Å². The van der Waals surface area contributed by atoms with Gasteiger partial charge in [0.1, 0.15) is 0 Å². The first-order valence-corrected chi connectivity index (χ1v) is 6.30. The molecule has 1 heterocycles. The van der Waals surface area contributed by atoms with E-state index < -0.39 is 5.97 Å². The number of unbranched alkanes of at least 4 members (excludes halogenated alkanes) is 1. The minimum absolute atomic E-state index is 0.00628. The lowest BCUT2D eigenvalue weighted by molar-refractivity contribution is -0.137. The van der Waals surface area contributed by atoms with Gasteiger partial charge >= 0.3 is 12.0 Å². The predicted octanol–water partition coefficient (Wildman–Crippen LogP) is 0.826. The van der Waals surface area contributed by atoms with Crippen LogP contribution in [0.15, 0.2) is 18.7 Å². The van der Waals surface area contributed by atoms with Crippen molar-refractivity contribution in [3.8, 4) is 0 Å². The highest BCUT2D eigenvalue weighted by Crippen LogP contribution is 1.94. The van der Waals surface area contributed by atoms with Crippen LogP contribution < -0.4 is 10.6 Å². The van der Waals surface area contributed by atoms with Gasteiger partial charge in [-0.05, 0) is 19.8 Å². The minimum atomic E-state index is -0.807. The van der Waals surface area contributed by atoms with E-state index in [1.54, 1.807) is 12.5 Å². The van der Waals surface area contributed by atoms with E-state index in [-0.39, 0.29) is 18.5 Å². The second-order valence-corrected chi connectivity index (χ2v) is 4.41. The van der Waals surface area contributed by atoms with E-state index >= 15 is 0 Å². The average Bonchev–Trinajstić information content (AvgIpc) is 2.80. The molecule has 7 nitrogen and oxygen atoms in total. The van der Waals surface area contributed by atoms with Crippen molar-refractivity contribution in [2.24, 2.45) is 0 Å². The summed E-state index contributed by atoms with van der Waals surface area (Å²) in [5, 5.41) is 14.0. The quantitative estimate of drug-likeness (QED) is 0.608. The fraction of sp³-hybridized carbons (Fsp3) is 0.583. The molecule has 1 atom stereocenters. The molecule has 1 unspecified atom stereocenters. The third-order valence-electron chi connectivity index (χ3n) is 2.52. The first-order chi connectivity index (χ1) is 9.08. The first-order valence-electron chi connectivity index (χ1n) is 6.30. The van der Waals surface area contributed by atoms with Crippen LogP contribution in [0.4, 0.5) is 4.79 Å². The molecule has 19 heavy (non-hydrogen) atoms. The van der Waals surface area contributed by atoms with Crippen molar-refractivity contribution in [2.75, 3.05) is 6.54 Å². The topological polar surface area (TPSA) is 96.3 Å². The minimum Gasteiger partial charge on any atom is -0.481 e. The molecular formula is C12H20N4O3. The Morgan fingerprint density at radius 3 is 2.84 bits per heavy atom. The molecule has 0 fully saturated rings. The second-order valence-electron chi connectivity index (χ2n) is 4.41. The Balaban J connectivity index is 2.08. The van der Waals surface area contributed by atoms with Gasteiger partial charge in [-0.25, -0.2) is 9.78 Å². The van der Waals surface area contributed by atoms with Gasteiger partial charge in [-0.15, -0.1) is 0 Å². The molecule has 0 aliphatic rings. The van der Waals surface area contributed by atoms with Crippen molar-refractivity contribution in [2.45, 2.75) is 38.8 Å². The zero-order valence-electron chi connectivity index (χ0n) is 11.0. The Hall–Kier alpha value is -2.05. The number of carboxylic acids is 1. The number of imidazole rings is 1. The summed E-state index contributed by atoms with van der Waals surface area (Å²) in [6, 6.07) is -0.240. The number of aromatic nitrogens is 2. The van der Waals surface area contributed by atoms with Gasteiger partial charge < -0.3 is 20.3 Å². The summed E-state index contributed by atoms with van der Waals surface area (Å²) >= 11 is 0. The Bertz CT molecular complexity index is 392. The highest BCUT2D eigenvalue weighted by Gasteiger charge is 2.07. The van der Waals surface area contributed by atoms with Crippen molar-refractivity contribution >= 4 is 12.0 Å². The molecule has 0 aromatic carbocycles. The maximum Gasteiger partial charge on any atom is 0.315 e. The molecule has 0 bridgehead atoms. The van der Waals surface area contributed by atoms with Gasteiger partial charge in [-0.3, -0.25) is 4.79 Å². The molecule has 3 N–H and O–H groups in total. The van der Waals surface area contributed by atoms with E-state index in [1.165, 1.54) is 0 Å². The molecule has 0 spiro atoms. The van der Waals surface area contributed by atoms with Gasteiger partial charge in [-0.1, -0.05) is 0 Å². The van der Waals surface area contributed by atoms with Crippen LogP contribution in [0.2, 0.25) is 0 Å². The first kappa shape index (κ1) is 15.0. The average molecular weight is 268 g/mol. The molecular weight excluding hydrogens is 248 g/mol. The molecule has 7 heteroatoms. The number of hydrogen-bond acceptors (Lipinski definition) is 3. The van der Waals surface area contributed by atoms with E-state index in [4.69, 9.17) is 5.11 Å². The number of hydrogen-bond donors (Lipinski definition) is 3. The lowest BCUT2D eigenvalue weighted by Gasteiger charge is -2.15. The number of carboxylic acid groups (broad SMARTS) is 1. The number of rotatable bonds is 8. The maximum atomic E-state index is 11.5. The monoisotopic (exact) mass is 268 g/mol. The molecule has 0 radical (unpaired) electrons. The normalized spacial score (nSPS) is 11.8. The van der Waals surface area contributed by atoms with E-state index in [9.17, 15) is 9.59 Å². The SMILES string of the molecule is CC(Cn1ccnc1)NC(=O)NCCCCC(=O)O. The second kappa shape index (κ2) is 8.12. The Kier molecular flexibility index (Phi) is 6.42. The summed E-state index contributed by atoms with van der Waals surface area (Å²) in [7, 11) is 0. The highest BCUT2D eigenvalue weighted by atomic mass is 16.4. The van der Waals surface area contributed by atoms with Crippen LogP contribution in [0, 0.1) is 0 Å². The Labute approximate surface area is 112 Å². The van der Waals surface area contributed by atoms with Crippen molar-refractivity contribution in [1.29, 1.82) is 0 Å². The van der Waals surface area contributed by atoms with Crippen molar-refractivity contribution in [1.82, 2.24) is 20.2 Å². The van der Waals surface area contributed by atoms with Crippen molar-refractivity contribution in [3.05, 3.63) is 18.7 Å². The summed E-state index contributed by atoms with van der Waals surface area (Å²) < 4.78 is 1.89. The standard InChI is InChI=1S/C12H20N4O3/c1-10(8-16-7-6-13-9-16)15-12(19)14-5-3-2-4-11(17)18/h6-7,9-10H,2-5,8H2,1H3,(H,17,18)(H2,14,15,19). The van der Waals surface area contributed by atoms with Gasteiger partial charge in [0, 0.05) is 37.9 Å². The molecule has 0 aliphatic heterocycles. The summed E-state index contributed by atoms with van der Waals surface area (Å²) in [4.78, 5) is 25.7. The largest absolute Gasteiger partial charge is 0.481 e. The molecule has 1 rings (SSSR count). The molecule has 0 saturated carbocycles. The zero-order chi connectivity index (χ0) is 14.1. The van der Waals surface area contributed by atoms with E-state index in [0.29, 0.717) is 25.9 Å². The number of carbonyl (C=O) groups is 2. The fourth-order valence-corrected chi connectivity index (χ4v) is 1.63. The van der Waals surface area contributed by atoms with Crippen LogP contribution in [-0.4, -0.2) is 39.2 Å². The van der Waals surface area contributed by atoms with Gasteiger partial charge in [0.15, 0.2) is 0 Å². The number of carbonyl (C=O) groups excluding carboxylic acids is 1. The molecule has 1 aromatic rings. The van der Waals surface area contributed by atoms with Gasteiger partial charge in [0.25, 0.3) is 0 Å². The van der Waals surface area contributed by atoms with E-state index in [2.05, 4.69) is 15.6 Å². The molecule has 2 amide bonds. The molecule has 0 aliphatic carbocycles. The van der Waals surface area contributed by atoms with Crippen LogP contribution in [0.3, 0.4) is 0 Å². The van der Waals surface area contributed by atoms with Crippen LogP contribution in [-0.2, 0) is 11.3 Å². The number of amides is 2. The van der Waals surface area contributed by atoms with Crippen molar-refractivity contribution in [3.63, 3.8) is 0 Å². The molecule has 106 valence electrons. The van der Waals surface area contributed by atoms with Crippen molar-refractivity contribution < 1.29 is 14.7 Å². The summed E-state index contributed by atoms with van der Waals surface area (Å²) in [6.45, 7) is 3.05. The maximum absolute atomic E-state index is 11.5. The summed E-state index contributed by atoms with van der Waals surface area (Å²) in [5.74, 6) is -0.807. The Morgan fingerprint density at radius 2 is 2.21 bits per heavy atom. The van der Waals surface area contributed by atoms with Crippen LogP contribution >= 0.6 is 0 Å². The smallest absolute Gasteiger partial charge is 0.315 e. The van der Waals surface area contributed by atoms with Crippen LogP contribution in [0.1, 0.15) is 26.2 Å². The van der Waals surface area contributed by atoms with Crippen LogP contribution in [0.5, 0.6) is 0 Å². The number of nitrogens with one attached hydrogen (secondary N) is 2. The number of aliphatic carboxylic acids is 1. The third kappa shape index (κ3) is 7.07. The van der Waals surface area contributed by atoms with Gasteiger partial charge in [0.2, 0.25) is 0 Å². The molecule has 0 saturated heterocycles. The highest BCUT2D eigenvalue weighted by molar-refractivity contribution is 5.74. The van der Waals surface area contributed by atoms with E-state index in [1.807, 2.05) is 17.7 Å². The number of nitrogens with zero attached hydrogens (tertiary/aromatic N) is 2. The predicted molar refractivity (Wildman–Crippen MR) is 69.7 cm³/mol. The summed E-state index contributed by atoms with van der Waals surface area (Å²) in [6.07, 6.45) is 6.59. The fourth-order valence-electron chi connectivity index (χ4n) is 1.63. The molecule has 1 aromatic heterocycles. The zero-order valence-corrected chi connectivity index (χ0v) is 11.0. The third-order valence-corrected chi connectivity index (χ3v) is 2.52. The summed E-state index contributed by atoms with van der Waals surface area (Å²) in [5.41, 5.74) is 0.